The number of pyridine rings is 2. The Bertz CT molecular complexity index is 1680. The molecule has 236 valence electrons. The van der Waals surface area contributed by atoms with Crippen LogP contribution in [-0.4, -0.2) is 69.4 Å². The first-order valence-electron chi connectivity index (χ1n) is 15.1. The third-order valence-corrected chi connectivity index (χ3v) is 9.65. The van der Waals surface area contributed by atoms with Gasteiger partial charge in [-0.3, -0.25) is 4.98 Å². The lowest BCUT2D eigenvalue weighted by atomic mass is 10.0. The lowest BCUT2D eigenvalue weighted by molar-refractivity contribution is -0.138. The van der Waals surface area contributed by atoms with Crippen LogP contribution in [0.3, 0.4) is 0 Å². The smallest absolute Gasteiger partial charge is 0.326 e. The second-order valence-electron chi connectivity index (χ2n) is 11.7. The van der Waals surface area contributed by atoms with Crippen LogP contribution >= 0.6 is 35.0 Å². The molecule has 0 amide bonds. The summed E-state index contributed by atoms with van der Waals surface area (Å²) in [6.45, 7) is 1.69. The number of benzene rings is 2. The molecule has 2 aliphatic rings. The van der Waals surface area contributed by atoms with Gasteiger partial charge in [0.15, 0.2) is 5.75 Å². The topological polar surface area (TPSA) is 128 Å². The molecule has 1 unspecified atom stereocenters. The Kier molecular flexibility index (Phi) is 9.46. The summed E-state index contributed by atoms with van der Waals surface area (Å²) in [5.74, 6) is 0.584. The number of phenolic OH excluding ortho intramolecular Hbond substituents is 1. The Morgan fingerprint density at radius 1 is 1.11 bits per heavy atom. The van der Waals surface area contributed by atoms with E-state index in [9.17, 15) is 15.0 Å². The van der Waals surface area contributed by atoms with E-state index in [1.807, 2.05) is 41.5 Å². The third-order valence-electron chi connectivity index (χ3n) is 8.43. The molecule has 9 nitrogen and oxygen atoms in total. The molecule has 0 spiro atoms. The molecule has 2 atom stereocenters. The molecule has 2 aromatic carbocycles. The SMILES string of the molecule is CSCC[C@@H](C(=O)O)N(c1cnc2ccc(-c3cc(Cl)c(O)c(Cl)c3)cc2c1Nc1ccc(N2CCCC(N)C2)nc1)C1CC1. The molecule has 1 saturated heterocycles. The van der Waals surface area contributed by atoms with Gasteiger partial charge >= 0.3 is 5.97 Å². The molecule has 4 aromatic rings. The highest BCUT2D eigenvalue weighted by Gasteiger charge is 2.39. The number of hydrogen-bond donors (Lipinski definition) is 4. The van der Waals surface area contributed by atoms with E-state index in [-0.39, 0.29) is 27.9 Å². The zero-order valence-electron chi connectivity index (χ0n) is 24.9. The minimum Gasteiger partial charge on any atom is -0.505 e. The number of carbonyl (C=O) groups is 1. The van der Waals surface area contributed by atoms with Gasteiger partial charge in [-0.1, -0.05) is 29.3 Å². The van der Waals surface area contributed by atoms with Crippen LogP contribution in [0.4, 0.5) is 22.9 Å². The number of carboxylic acid groups (broad SMARTS) is 1. The van der Waals surface area contributed by atoms with Crippen LogP contribution in [-0.2, 0) is 4.79 Å². The number of aromatic nitrogens is 2. The Balaban J connectivity index is 1.46. The highest BCUT2D eigenvalue weighted by molar-refractivity contribution is 7.98. The lowest BCUT2D eigenvalue weighted by Gasteiger charge is -2.33. The van der Waals surface area contributed by atoms with E-state index in [0.29, 0.717) is 6.42 Å². The van der Waals surface area contributed by atoms with Gasteiger partial charge in [0.05, 0.1) is 45.0 Å². The van der Waals surface area contributed by atoms with Crippen LogP contribution in [0.1, 0.15) is 32.1 Å². The normalized spacial score (nSPS) is 17.3. The Hall–Kier alpha value is -3.44. The van der Waals surface area contributed by atoms with Crippen molar-refractivity contribution in [2.75, 3.05) is 40.2 Å². The average molecular weight is 668 g/mol. The monoisotopic (exact) mass is 666 g/mol. The molecule has 2 aromatic heterocycles. The van der Waals surface area contributed by atoms with E-state index in [4.69, 9.17) is 38.9 Å². The van der Waals surface area contributed by atoms with Crippen molar-refractivity contribution >= 4 is 74.7 Å². The number of aromatic hydroxyl groups is 1. The number of nitrogens with two attached hydrogens (primary N) is 1. The van der Waals surface area contributed by atoms with Crippen LogP contribution in [0, 0.1) is 0 Å². The quantitative estimate of drug-likeness (QED) is 0.131. The Labute approximate surface area is 276 Å². The molecule has 0 radical (unpaired) electrons. The fourth-order valence-corrected chi connectivity index (χ4v) is 6.96. The van der Waals surface area contributed by atoms with E-state index < -0.39 is 12.0 Å². The first-order valence-corrected chi connectivity index (χ1v) is 17.2. The molecule has 1 saturated carbocycles. The largest absolute Gasteiger partial charge is 0.505 e. The van der Waals surface area contributed by atoms with Crippen molar-refractivity contribution < 1.29 is 15.0 Å². The number of thioether (sulfide) groups is 1. The summed E-state index contributed by atoms with van der Waals surface area (Å²) in [6.07, 6.45) is 9.96. The molecule has 0 bridgehead atoms. The van der Waals surface area contributed by atoms with Crippen molar-refractivity contribution in [3.63, 3.8) is 0 Å². The van der Waals surface area contributed by atoms with Gasteiger partial charge in [-0.25, -0.2) is 9.78 Å². The molecule has 45 heavy (non-hydrogen) atoms. The van der Waals surface area contributed by atoms with Crippen molar-refractivity contribution in [3.8, 4) is 16.9 Å². The van der Waals surface area contributed by atoms with E-state index in [2.05, 4.69) is 10.2 Å². The molecule has 12 heteroatoms. The maximum atomic E-state index is 12.7. The molecule has 5 N–H and O–H groups in total. The van der Waals surface area contributed by atoms with Gasteiger partial charge in [0.1, 0.15) is 11.9 Å². The zero-order chi connectivity index (χ0) is 31.7. The molecule has 1 aliphatic carbocycles. The average Bonchev–Trinajstić information content (AvgIpc) is 3.87. The molecular formula is C33H36Cl2N6O3S. The van der Waals surface area contributed by atoms with Crippen LogP contribution in [0.15, 0.2) is 54.9 Å². The van der Waals surface area contributed by atoms with Gasteiger partial charge in [0, 0.05) is 30.6 Å². The number of piperidine rings is 1. The minimum absolute atomic E-state index is 0.106. The summed E-state index contributed by atoms with van der Waals surface area (Å²) in [4.78, 5) is 26.5. The van der Waals surface area contributed by atoms with Crippen LogP contribution in [0.25, 0.3) is 22.0 Å². The molecule has 2 fully saturated rings. The van der Waals surface area contributed by atoms with Gasteiger partial charge in [-0.15, -0.1) is 0 Å². The summed E-state index contributed by atoms with van der Waals surface area (Å²) >= 11 is 14.2. The first-order chi connectivity index (χ1) is 21.7. The number of carboxylic acids is 1. The number of phenols is 1. The summed E-state index contributed by atoms with van der Waals surface area (Å²) in [5, 5.41) is 25.2. The van der Waals surface area contributed by atoms with Crippen molar-refractivity contribution in [3.05, 3.63) is 64.9 Å². The summed E-state index contributed by atoms with van der Waals surface area (Å²) in [6, 6.07) is 12.7. The molecule has 3 heterocycles. The lowest BCUT2D eigenvalue weighted by Crippen LogP contribution is -2.43. The first kappa shape index (κ1) is 31.5. The second kappa shape index (κ2) is 13.5. The summed E-state index contributed by atoms with van der Waals surface area (Å²) < 4.78 is 0. The summed E-state index contributed by atoms with van der Waals surface area (Å²) in [5.41, 5.74) is 10.7. The number of anilines is 4. The number of aliphatic carboxylic acids is 1. The van der Waals surface area contributed by atoms with Gasteiger partial charge in [0.2, 0.25) is 0 Å². The molecule has 1 aliphatic heterocycles. The van der Waals surface area contributed by atoms with Crippen LogP contribution in [0.5, 0.6) is 5.75 Å². The zero-order valence-corrected chi connectivity index (χ0v) is 27.2. The number of halogens is 2. The fourth-order valence-electron chi connectivity index (χ4n) is 6.01. The van der Waals surface area contributed by atoms with Crippen LogP contribution < -0.4 is 20.9 Å². The highest BCUT2D eigenvalue weighted by Crippen LogP contribution is 2.44. The molecular weight excluding hydrogens is 631 g/mol. The number of rotatable bonds is 11. The predicted molar refractivity (Wildman–Crippen MR) is 186 cm³/mol. The maximum Gasteiger partial charge on any atom is 0.326 e. The van der Waals surface area contributed by atoms with Crippen molar-refractivity contribution in [1.29, 1.82) is 0 Å². The van der Waals surface area contributed by atoms with Gasteiger partial charge in [-0.2, -0.15) is 11.8 Å². The van der Waals surface area contributed by atoms with Crippen LogP contribution in [0.2, 0.25) is 10.0 Å². The summed E-state index contributed by atoms with van der Waals surface area (Å²) in [7, 11) is 0. The number of fused-ring (bicyclic) bond motifs is 1. The van der Waals surface area contributed by atoms with E-state index >= 15 is 0 Å². The maximum absolute atomic E-state index is 12.7. The number of hydrogen-bond acceptors (Lipinski definition) is 9. The van der Waals surface area contributed by atoms with E-state index in [0.717, 1.165) is 89.4 Å². The predicted octanol–water partition coefficient (Wildman–Crippen LogP) is 7.16. The minimum atomic E-state index is -0.852. The Morgan fingerprint density at radius 2 is 1.89 bits per heavy atom. The number of nitrogens with zero attached hydrogens (tertiary/aromatic N) is 4. The van der Waals surface area contributed by atoms with Crippen molar-refractivity contribution in [2.45, 2.75) is 50.2 Å². The van der Waals surface area contributed by atoms with Crippen molar-refractivity contribution in [2.24, 2.45) is 5.73 Å². The standard InChI is InChI=1S/C33H36Cl2N6O3S/c1-45-12-10-28(33(43)44)41(23-6-7-23)29-17-37-27-8-4-19(20-14-25(34)32(42)26(35)15-20)13-24(27)31(29)39-22-5-9-30(38-16-22)40-11-2-3-21(36)18-40/h4-5,8-9,13-17,21,23,28,42H,2-3,6-7,10-12,18,36H2,1H3,(H,37,39)(H,43,44)/t21?,28-/m0/s1. The van der Waals surface area contributed by atoms with Gasteiger partial charge in [-0.05, 0) is 91.6 Å². The second-order valence-corrected chi connectivity index (χ2v) is 13.5. The molecule has 6 rings (SSSR count). The van der Waals surface area contributed by atoms with E-state index in [1.54, 1.807) is 36.3 Å². The third kappa shape index (κ3) is 6.89. The van der Waals surface area contributed by atoms with Crippen molar-refractivity contribution in [1.82, 2.24) is 9.97 Å². The van der Waals surface area contributed by atoms with Gasteiger partial charge in [0.25, 0.3) is 0 Å². The number of nitrogens with one attached hydrogen (secondary N) is 1. The van der Waals surface area contributed by atoms with E-state index in [1.165, 1.54) is 0 Å². The Morgan fingerprint density at radius 3 is 2.53 bits per heavy atom. The van der Waals surface area contributed by atoms with Gasteiger partial charge < -0.3 is 31.1 Å². The fraction of sp³-hybridized carbons (Fsp3) is 0.364. The highest BCUT2D eigenvalue weighted by atomic mass is 35.5.